The van der Waals surface area contributed by atoms with Crippen molar-refractivity contribution in [3.05, 3.63) is 17.5 Å². The first-order valence-electron chi connectivity index (χ1n) is 6.23. The summed E-state index contributed by atoms with van der Waals surface area (Å²) in [6, 6.07) is 1.97. The lowest BCUT2D eigenvalue weighted by atomic mass is 9.84. The van der Waals surface area contributed by atoms with Crippen LogP contribution in [0, 0.1) is 12.8 Å². The van der Waals surface area contributed by atoms with Crippen molar-refractivity contribution in [2.75, 3.05) is 6.54 Å². The number of amides is 1. The number of nitrogens with one attached hydrogen (secondary N) is 2. The maximum atomic E-state index is 12.0. The minimum atomic E-state index is -0.0975. The highest BCUT2D eigenvalue weighted by atomic mass is 35.5. The van der Waals surface area contributed by atoms with Gasteiger partial charge in [0.2, 0.25) is 0 Å². The third-order valence-corrected chi connectivity index (χ3v) is 3.47. The number of nitrogens with two attached hydrogens (primary N) is 1. The summed E-state index contributed by atoms with van der Waals surface area (Å²) in [5, 5.41) is 9.79. The van der Waals surface area contributed by atoms with Crippen molar-refractivity contribution < 1.29 is 4.79 Å². The van der Waals surface area contributed by atoms with Gasteiger partial charge in [-0.25, -0.2) is 0 Å². The summed E-state index contributed by atoms with van der Waals surface area (Å²) in [6.07, 6.45) is 4.52. The molecule has 0 radical (unpaired) electrons. The van der Waals surface area contributed by atoms with Gasteiger partial charge in [-0.2, -0.15) is 5.10 Å². The number of carbonyl (C=O) groups excluding carboxylic acids is 1. The monoisotopic (exact) mass is 272 g/mol. The Labute approximate surface area is 113 Å². The average Bonchev–Trinajstić information content (AvgIpc) is 2.77. The predicted octanol–water partition coefficient (Wildman–Crippen LogP) is 1.39. The number of rotatable bonds is 3. The molecule has 1 aliphatic carbocycles. The Bertz CT molecular complexity index is 393. The quantitative estimate of drug-likeness (QED) is 0.777. The highest BCUT2D eigenvalue weighted by molar-refractivity contribution is 5.92. The van der Waals surface area contributed by atoms with E-state index in [0.717, 1.165) is 18.5 Å². The van der Waals surface area contributed by atoms with Gasteiger partial charge in [-0.3, -0.25) is 9.89 Å². The van der Waals surface area contributed by atoms with Crippen LogP contribution in [0.5, 0.6) is 0 Å². The summed E-state index contributed by atoms with van der Waals surface area (Å²) in [5.41, 5.74) is 7.10. The lowest BCUT2D eigenvalue weighted by Crippen LogP contribution is -2.44. The molecular weight excluding hydrogens is 252 g/mol. The molecule has 1 aromatic rings. The first-order valence-corrected chi connectivity index (χ1v) is 6.23. The van der Waals surface area contributed by atoms with E-state index >= 15 is 0 Å². The number of H-pyrrole nitrogens is 1. The third kappa shape index (κ3) is 3.46. The van der Waals surface area contributed by atoms with Crippen LogP contribution in [0.25, 0.3) is 0 Å². The molecule has 0 spiro atoms. The second-order valence-electron chi connectivity index (χ2n) is 4.80. The van der Waals surface area contributed by atoms with Crippen LogP contribution in [-0.2, 0) is 0 Å². The van der Waals surface area contributed by atoms with Gasteiger partial charge in [-0.05, 0) is 38.3 Å². The second-order valence-corrected chi connectivity index (χ2v) is 4.80. The highest BCUT2D eigenvalue weighted by Crippen LogP contribution is 2.23. The van der Waals surface area contributed by atoms with Crippen LogP contribution in [0.4, 0.5) is 0 Å². The molecule has 1 amide bonds. The molecule has 2 atom stereocenters. The van der Waals surface area contributed by atoms with E-state index in [4.69, 9.17) is 5.73 Å². The van der Waals surface area contributed by atoms with E-state index in [1.807, 2.05) is 6.92 Å². The van der Waals surface area contributed by atoms with Gasteiger partial charge in [-0.1, -0.05) is 12.8 Å². The molecule has 2 rings (SSSR count). The molecule has 1 fully saturated rings. The normalized spacial score (nSPS) is 23.2. The molecule has 5 nitrogen and oxygen atoms in total. The molecule has 1 heterocycles. The molecular formula is C12H21ClN4O. The fraction of sp³-hybridized carbons (Fsp3) is 0.667. The number of hydrogen-bond acceptors (Lipinski definition) is 3. The molecule has 102 valence electrons. The van der Waals surface area contributed by atoms with Gasteiger partial charge in [-0.15, -0.1) is 12.4 Å². The first kappa shape index (κ1) is 15.0. The lowest BCUT2D eigenvalue weighted by molar-refractivity contribution is 0.0903. The van der Waals surface area contributed by atoms with E-state index in [1.54, 1.807) is 6.07 Å². The summed E-state index contributed by atoms with van der Waals surface area (Å²) in [4.78, 5) is 12.0. The molecule has 1 aliphatic rings. The molecule has 18 heavy (non-hydrogen) atoms. The highest BCUT2D eigenvalue weighted by Gasteiger charge is 2.26. The molecule has 0 aromatic carbocycles. The fourth-order valence-corrected chi connectivity index (χ4v) is 2.46. The summed E-state index contributed by atoms with van der Waals surface area (Å²) >= 11 is 0. The Kier molecular flexibility index (Phi) is 5.62. The third-order valence-electron chi connectivity index (χ3n) is 3.47. The second kappa shape index (κ2) is 6.75. The summed E-state index contributed by atoms with van der Waals surface area (Å²) in [6.45, 7) is 2.53. The SMILES string of the molecule is Cc1cc(C(=O)NC2CCCCC2CN)n[nH]1.Cl. The lowest BCUT2D eigenvalue weighted by Gasteiger charge is -2.31. The predicted molar refractivity (Wildman–Crippen MR) is 72.8 cm³/mol. The zero-order chi connectivity index (χ0) is 12.3. The molecule has 0 saturated heterocycles. The van der Waals surface area contributed by atoms with Crippen molar-refractivity contribution in [1.29, 1.82) is 0 Å². The number of aryl methyl sites for hydroxylation is 1. The Hall–Kier alpha value is -1.07. The number of hydrogen-bond donors (Lipinski definition) is 3. The van der Waals surface area contributed by atoms with Gasteiger partial charge in [0.05, 0.1) is 0 Å². The zero-order valence-corrected chi connectivity index (χ0v) is 11.4. The van der Waals surface area contributed by atoms with E-state index in [1.165, 1.54) is 12.8 Å². The molecule has 1 saturated carbocycles. The molecule has 1 aromatic heterocycles. The van der Waals surface area contributed by atoms with Crippen molar-refractivity contribution >= 4 is 18.3 Å². The van der Waals surface area contributed by atoms with Crippen LogP contribution < -0.4 is 11.1 Å². The average molecular weight is 273 g/mol. The number of carbonyl (C=O) groups is 1. The van der Waals surface area contributed by atoms with Gasteiger partial charge in [0.25, 0.3) is 5.91 Å². The standard InChI is InChI=1S/C12H20N4O.ClH/c1-8-6-11(16-15-8)12(17)14-10-5-3-2-4-9(10)7-13;/h6,9-10H,2-5,7,13H2,1H3,(H,14,17)(H,15,16);1H. The molecule has 0 bridgehead atoms. The van der Waals surface area contributed by atoms with Crippen LogP contribution >= 0.6 is 12.4 Å². The number of aromatic nitrogens is 2. The van der Waals surface area contributed by atoms with Gasteiger partial charge >= 0.3 is 0 Å². The largest absolute Gasteiger partial charge is 0.348 e. The summed E-state index contributed by atoms with van der Waals surface area (Å²) in [5.74, 6) is 0.312. The van der Waals surface area contributed by atoms with Gasteiger partial charge in [0, 0.05) is 11.7 Å². The number of nitrogens with zero attached hydrogens (tertiary/aromatic N) is 1. The minimum Gasteiger partial charge on any atom is -0.348 e. The van der Waals surface area contributed by atoms with Crippen molar-refractivity contribution in [2.24, 2.45) is 11.7 Å². The number of aromatic amines is 1. The van der Waals surface area contributed by atoms with Crippen LogP contribution in [0.15, 0.2) is 6.07 Å². The fourth-order valence-electron chi connectivity index (χ4n) is 2.46. The van der Waals surface area contributed by atoms with E-state index in [2.05, 4.69) is 15.5 Å². The van der Waals surface area contributed by atoms with E-state index in [9.17, 15) is 4.79 Å². The number of halogens is 1. The van der Waals surface area contributed by atoms with Gasteiger partial charge in [0.1, 0.15) is 5.69 Å². The zero-order valence-electron chi connectivity index (χ0n) is 10.6. The maximum Gasteiger partial charge on any atom is 0.272 e. The minimum absolute atomic E-state index is 0. The van der Waals surface area contributed by atoms with Crippen molar-refractivity contribution in [1.82, 2.24) is 15.5 Å². The van der Waals surface area contributed by atoms with E-state index < -0.39 is 0 Å². The summed E-state index contributed by atoms with van der Waals surface area (Å²) < 4.78 is 0. The Morgan fingerprint density at radius 1 is 1.56 bits per heavy atom. The van der Waals surface area contributed by atoms with Crippen molar-refractivity contribution in [3.63, 3.8) is 0 Å². The Morgan fingerprint density at radius 3 is 2.89 bits per heavy atom. The van der Waals surface area contributed by atoms with Gasteiger partial charge in [0.15, 0.2) is 0 Å². The van der Waals surface area contributed by atoms with Crippen LogP contribution in [0.2, 0.25) is 0 Å². The molecule has 4 N–H and O–H groups in total. The van der Waals surface area contributed by atoms with Crippen LogP contribution in [0.1, 0.15) is 41.9 Å². The smallest absolute Gasteiger partial charge is 0.272 e. The van der Waals surface area contributed by atoms with Gasteiger partial charge < -0.3 is 11.1 Å². The summed E-state index contributed by atoms with van der Waals surface area (Å²) in [7, 11) is 0. The van der Waals surface area contributed by atoms with Crippen molar-refractivity contribution in [2.45, 2.75) is 38.6 Å². The Morgan fingerprint density at radius 2 is 2.28 bits per heavy atom. The maximum absolute atomic E-state index is 12.0. The Balaban J connectivity index is 0.00000162. The first-order chi connectivity index (χ1) is 8.20. The molecule has 0 aliphatic heterocycles. The van der Waals surface area contributed by atoms with Crippen LogP contribution in [0.3, 0.4) is 0 Å². The van der Waals surface area contributed by atoms with E-state index in [0.29, 0.717) is 18.2 Å². The van der Waals surface area contributed by atoms with Crippen molar-refractivity contribution in [3.8, 4) is 0 Å². The van der Waals surface area contributed by atoms with E-state index in [-0.39, 0.29) is 24.4 Å². The topological polar surface area (TPSA) is 83.8 Å². The molecule has 2 unspecified atom stereocenters. The molecule has 6 heteroatoms. The van der Waals surface area contributed by atoms with Crippen LogP contribution in [-0.4, -0.2) is 28.7 Å².